The quantitative estimate of drug-likeness (QED) is 0.790. The number of likely N-dealkylation sites (N-methyl/N-ethyl adjacent to an activating group) is 1. The Hall–Kier alpha value is -1.02. The van der Waals surface area contributed by atoms with Crippen molar-refractivity contribution in [3.05, 3.63) is 29.8 Å². The molecule has 1 aromatic carbocycles. The Kier molecular flexibility index (Phi) is 3.83. The topological polar surface area (TPSA) is 15.3 Å². The molecule has 0 heterocycles. The maximum Gasteiger partial charge on any atom is 0.0340 e. The SMILES string of the molecule is Cc1ccc(NCCN(C)CC2CC2)cc1. The van der Waals surface area contributed by atoms with Crippen molar-refractivity contribution in [1.82, 2.24) is 4.90 Å². The first kappa shape index (κ1) is 11.5. The van der Waals surface area contributed by atoms with E-state index in [2.05, 4.69) is 48.5 Å². The van der Waals surface area contributed by atoms with Gasteiger partial charge in [-0.05, 0) is 44.9 Å². The van der Waals surface area contributed by atoms with E-state index in [-0.39, 0.29) is 0 Å². The average molecular weight is 218 g/mol. The number of aryl methyl sites for hydroxylation is 1. The molecule has 1 aromatic rings. The summed E-state index contributed by atoms with van der Waals surface area (Å²) in [5.74, 6) is 0.990. The maximum atomic E-state index is 3.45. The monoisotopic (exact) mass is 218 g/mol. The Morgan fingerprint density at radius 3 is 2.56 bits per heavy atom. The summed E-state index contributed by atoms with van der Waals surface area (Å²) >= 11 is 0. The molecule has 1 fully saturated rings. The lowest BCUT2D eigenvalue weighted by Crippen LogP contribution is -2.27. The third-order valence-electron chi connectivity index (χ3n) is 3.14. The summed E-state index contributed by atoms with van der Waals surface area (Å²) < 4.78 is 0. The van der Waals surface area contributed by atoms with Crippen LogP contribution >= 0.6 is 0 Å². The zero-order valence-corrected chi connectivity index (χ0v) is 10.4. The third-order valence-corrected chi connectivity index (χ3v) is 3.14. The van der Waals surface area contributed by atoms with Crippen LogP contribution in [-0.4, -0.2) is 31.6 Å². The van der Waals surface area contributed by atoms with E-state index in [4.69, 9.17) is 0 Å². The molecule has 0 atom stereocenters. The summed E-state index contributed by atoms with van der Waals surface area (Å²) in [6.07, 6.45) is 2.88. The van der Waals surface area contributed by atoms with Gasteiger partial charge >= 0.3 is 0 Å². The third kappa shape index (κ3) is 3.86. The Morgan fingerprint density at radius 2 is 1.94 bits per heavy atom. The summed E-state index contributed by atoms with van der Waals surface area (Å²) in [4.78, 5) is 2.43. The van der Waals surface area contributed by atoms with Gasteiger partial charge in [-0.15, -0.1) is 0 Å². The van der Waals surface area contributed by atoms with Gasteiger partial charge in [0, 0.05) is 25.3 Å². The molecule has 2 nitrogen and oxygen atoms in total. The van der Waals surface area contributed by atoms with Gasteiger partial charge in [-0.25, -0.2) is 0 Å². The average Bonchev–Trinajstić information content (AvgIpc) is 3.05. The number of rotatable bonds is 6. The first-order valence-electron chi connectivity index (χ1n) is 6.23. The second kappa shape index (κ2) is 5.35. The van der Waals surface area contributed by atoms with Crippen LogP contribution in [0.4, 0.5) is 5.69 Å². The van der Waals surface area contributed by atoms with Crippen molar-refractivity contribution in [2.45, 2.75) is 19.8 Å². The summed E-state index contributed by atoms with van der Waals surface area (Å²) in [6, 6.07) is 8.60. The fourth-order valence-corrected chi connectivity index (χ4v) is 1.89. The van der Waals surface area contributed by atoms with E-state index in [0.717, 1.165) is 19.0 Å². The molecule has 16 heavy (non-hydrogen) atoms. The van der Waals surface area contributed by atoms with Crippen LogP contribution < -0.4 is 5.32 Å². The molecule has 0 aliphatic heterocycles. The van der Waals surface area contributed by atoms with Crippen LogP contribution in [0.15, 0.2) is 24.3 Å². The lowest BCUT2D eigenvalue weighted by atomic mass is 10.2. The Bertz CT molecular complexity index is 314. The van der Waals surface area contributed by atoms with E-state index < -0.39 is 0 Å². The number of hydrogen-bond donors (Lipinski definition) is 1. The van der Waals surface area contributed by atoms with Crippen molar-refractivity contribution in [1.29, 1.82) is 0 Å². The van der Waals surface area contributed by atoms with Gasteiger partial charge in [-0.1, -0.05) is 17.7 Å². The molecule has 2 heteroatoms. The molecular formula is C14H22N2. The predicted molar refractivity (Wildman–Crippen MR) is 69.9 cm³/mol. The summed E-state index contributed by atoms with van der Waals surface area (Å²) in [7, 11) is 2.22. The van der Waals surface area contributed by atoms with Gasteiger partial charge in [0.25, 0.3) is 0 Å². The Balaban J connectivity index is 1.64. The van der Waals surface area contributed by atoms with Gasteiger partial charge in [0.15, 0.2) is 0 Å². The first-order chi connectivity index (χ1) is 7.74. The largest absolute Gasteiger partial charge is 0.384 e. The van der Waals surface area contributed by atoms with Gasteiger partial charge < -0.3 is 10.2 Å². The van der Waals surface area contributed by atoms with Crippen LogP contribution in [0.25, 0.3) is 0 Å². The number of nitrogens with one attached hydrogen (secondary N) is 1. The van der Waals surface area contributed by atoms with E-state index in [1.165, 1.54) is 30.6 Å². The lowest BCUT2D eigenvalue weighted by Gasteiger charge is -2.16. The molecule has 0 saturated heterocycles. The molecule has 0 aromatic heterocycles. The molecule has 0 amide bonds. The molecule has 1 aliphatic rings. The number of hydrogen-bond acceptors (Lipinski definition) is 2. The molecule has 0 radical (unpaired) electrons. The fourth-order valence-electron chi connectivity index (χ4n) is 1.89. The second-order valence-corrected chi connectivity index (χ2v) is 5.00. The van der Waals surface area contributed by atoms with Crippen LogP contribution in [0.1, 0.15) is 18.4 Å². The number of anilines is 1. The molecule has 1 aliphatic carbocycles. The van der Waals surface area contributed by atoms with Gasteiger partial charge in [0.2, 0.25) is 0 Å². The molecule has 0 spiro atoms. The van der Waals surface area contributed by atoms with Gasteiger partial charge in [-0.2, -0.15) is 0 Å². The Morgan fingerprint density at radius 1 is 1.25 bits per heavy atom. The Labute approximate surface area is 98.7 Å². The molecule has 1 saturated carbocycles. The van der Waals surface area contributed by atoms with E-state index in [1.54, 1.807) is 0 Å². The lowest BCUT2D eigenvalue weighted by molar-refractivity contribution is 0.332. The predicted octanol–water partition coefficient (Wildman–Crippen LogP) is 2.75. The normalized spacial score (nSPS) is 15.4. The number of nitrogens with zero attached hydrogens (tertiary/aromatic N) is 1. The van der Waals surface area contributed by atoms with Crippen molar-refractivity contribution in [2.24, 2.45) is 5.92 Å². The highest BCUT2D eigenvalue weighted by Crippen LogP contribution is 2.29. The highest BCUT2D eigenvalue weighted by Gasteiger charge is 2.22. The van der Waals surface area contributed by atoms with Crippen molar-refractivity contribution in [3.8, 4) is 0 Å². The van der Waals surface area contributed by atoms with E-state index in [0.29, 0.717) is 0 Å². The van der Waals surface area contributed by atoms with E-state index >= 15 is 0 Å². The first-order valence-corrected chi connectivity index (χ1v) is 6.23. The molecule has 0 unspecified atom stereocenters. The molecule has 88 valence electrons. The zero-order valence-electron chi connectivity index (χ0n) is 10.4. The molecule has 0 bridgehead atoms. The van der Waals surface area contributed by atoms with Gasteiger partial charge in [0.1, 0.15) is 0 Å². The minimum Gasteiger partial charge on any atom is -0.384 e. The summed E-state index contributed by atoms with van der Waals surface area (Å²) in [6.45, 7) is 5.55. The summed E-state index contributed by atoms with van der Waals surface area (Å²) in [5, 5.41) is 3.45. The van der Waals surface area contributed by atoms with Crippen LogP contribution in [-0.2, 0) is 0 Å². The smallest absolute Gasteiger partial charge is 0.0340 e. The zero-order chi connectivity index (χ0) is 11.4. The molecular weight excluding hydrogens is 196 g/mol. The minimum atomic E-state index is 0.990. The van der Waals surface area contributed by atoms with Gasteiger partial charge in [0.05, 0.1) is 0 Å². The van der Waals surface area contributed by atoms with Crippen LogP contribution in [0.3, 0.4) is 0 Å². The van der Waals surface area contributed by atoms with Crippen LogP contribution in [0.2, 0.25) is 0 Å². The van der Waals surface area contributed by atoms with Crippen molar-refractivity contribution in [3.63, 3.8) is 0 Å². The van der Waals surface area contributed by atoms with Crippen molar-refractivity contribution >= 4 is 5.69 Å². The number of benzene rings is 1. The highest BCUT2D eigenvalue weighted by molar-refractivity contribution is 5.44. The fraction of sp³-hybridized carbons (Fsp3) is 0.571. The highest BCUT2D eigenvalue weighted by atomic mass is 15.1. The molecule has 2 rings (SSSR count). The second-order valence-electron chi connectivity index (χ2n) is 5.00. The standard InChI is InChI=1S/C14H22N2/c1-12-3-7-14(8-4-12)15-9-10-16(2)11-13-5-6-13/h3-4,7-8,13,15H,5-6,9-11H2,1-2H3. The van der Waals surface area contributed by atoms with Crippen LogP contribution in [0, 0.1) is 12.8 Å². The van der Waals surface area contributed by atoms with Crippen molar-refractivity contribution < 1.29 is 0 Å². The van der Waals surface area contributed by atoms with Gasteiger partial charge in [-0.3, -0.25) is 0 Å². The van der Waals surface area contributed by atoms with Crippen molar-refractivity contribution in [2.75, 3.05) is 32.0 Å². The van der Waals surface area contributed by atoms with E-state index in [9.17, 15) is 0 Å². The van der Waals surface area contributed by atoms with E-state index in [1.807, 2.05) is 0 Å². The summed E-state index contributed by atoms with van der Waals surface area (Å²) in [5.41, 5.74) is 2.54. The van der Waals surface area contributed by atoms with Crippen LogP contribution in [0.5, 0.6) is 0 Å². The molecule has 1 N–H and O–H groups in total. The maximum absolute atomic E-state index is 3.45. The minimum absolute atomic E-state index is 0.990.